The summed E-state index contributed by atoms with van der Waals surface area (Å²) >= 11 is 0. The van der Waals surface area contributed by atoms with Gasteiger partial charge in [-0.15, -0.1) is 0 Å². The van der Waals surface area contributed by atoms with Crippen molar-refractivity contribution in [1.29, 1.82) is 0 Å². The molecule has 3 saturated carbocycles. The zero-order valence-electron chi connectivity index (χ0n) is 26.4. The van der Waals surface area contributed by atoms with Gasteiger partial charge in [-0.25, -0.2) is 8.78 Å². The monoisotopic (exact) mass is 670 g/mol. The van der Waals surface area contributed by atoms with Crippen molar-refractivity contribution in [3.63, 3.8) is 0 Å². The predicted octanol–water partition coefficient (Wildman–Crippen LogP) is 11.2. The van der Waals surface area contributed by atoms with Gasteiger partial charge in [0.15, 0.2) is 23.6 Å². The molecule has 4 nitrogen and oxygen atoms in total. The van der Waals surface area contributed by atoms with Crippen LogP contribution < -0.4 is 9.47 Å². The van der Waals surface area contributed by atoms with E-state index in [2.05, 4.69) is 11.7 Å². The lowest BCUT2D eigenvalue weighted by Gasteiger charge is -2.39. The van der Waals surface area contributed by atoms with Crippen LogP contribution in [0.1, 0.15) is 110 Å². The smallest absolute Gasteiger partial charge is 0.358 e. The Hall–Kier alpha value is -2.08. The molecule has 4 rings (SSSR count). The summed E-state index contributed by atoms with van der Waals surface area (Å²) < 4.78 is 133. The highest BCUT2D eigenvalue weighted by atomic mass is 19.3. The fraction of sp³-hybridized carbons (Fsp3) is 0.765. The molecule has 0 unspecified atom stereocenters. The molecule has 0 atom stereocenters. The minimum atomic E-state index is -3.39. The lowest BCUT2D eigenvalue weighted by Crippen LogP contribution is -2.42. The van der Waals surface area contributed by atoms with Crippen molar-refractivity contribution >= 4 is 0 Å². The number of hydrogen-bond donors (Lipinski definition) is 0. The molecule has 3 aliphatic carbocycles. The zero-order valence-corrected chi connectivity index (χ0v) is 26.4. The molecule has 1 aromatic rings. The molecule has 46 heavy (non-hydrogen) atoms. The summed E-state index contributed by atoms with van der Waals surface area (Å²) in [5.74, 6) is -5.02. The SMILES string of the molecule is CCCCCC1CCC(C(F)(F)OC2CCC(C(F)(F)OC3CCC(COc4cc(F)c(OC=C(F)F)c(F)c4)CC3)CC2)CC1. The van der Waals surface area contributed by atoms with Crippen molar-refractivity contribution in [3.8, 4) is 11.5 Å². The molecular weight excluding hydrogens is 624 g/mol. The van der Waals surface area contributed by atoms with Gasteiger partial charge in [-0.1, -0.05) is 32.6 Å². The van der Waals surface area contributed by atoms with Crippen LogP contribution in [0.4, 0.5) is 35.1 Å². The first-order chi connectivity index (χ1) is 21.9. The van der Waals surface area contributed by atoms with Gasteiger partial charge < -0.3 is 18.9 Å². The molecule has 12 heteroatoms. The molecule has 0 N–H and O–H groups in total. The molecule has 0 bridgehead atoms. The molecule has 0 radical (unpaired) electrons. The Bertz CT molecular complexity index is 1080. The third-order valence-electron chi connectivity index (χ3n) is 9.85. The average molecular weight is 671 g/mol. The quantitative estimate of drug-likeness (QED) is 0.106. The lowest BCUT2D eigenvalue weighted by molar-refractivity contribution is -0.319. The maximum Gasteiger partial charge on any atom is 0.358 e. The fourth-order valence-corrected chi connectivity index (χ4v) is 7.09. The van der Waals surface area contributed by atoms with Crippen molar-refractivity contribution in [1.82, 2.24) is 0 Å². The van der Waals surface area contributed by atoms with E-state index in [9.17, 15) is 26.3 Å². The number of hydrogen-bond acceptors (Lipinski definition) is 4. The lowest BCUT2D eigenvalue weighted by atomic mass is 9.79. The van der Waals surface area contributed by atoms with Crippen LogP contribution in [-0.4, -0.2) is 31.0 Å². The highest BCUT2D eigenvalue weighted by Gasteiger charge is 2.48. The first-order valence-corrected chi connectivity index (χ1v) is 16.8. The maximum atomic E-state index is 15.1. The summed E-state index contributed by atoms with van der Waals surface area (Å²) in [6.07, 6.45) is -1.42. The van der Waals surface area contributed by atoms with Gasteiger partial charge in [-0.2, -0.15) is 26.3 Å². The van der Waals surface area contributed by atoms with E-state index < -0.39 is 59.7 Å². The topological polar surface area (TPSA) is 36.9 Å². The second kappa shape index (κ2) is 16.8. The zero-order chi connectivity index (χ0) is 33.3. The average Bonchev–Trinajstić information content (AvgIpc) is 3.00. The van der Waals surface area contributed by atoms with Crippen LogP contribution >= 0.6 is 0 Å². The minimum Gasteiger partial charge on any atom is -0.493 e. The summed E-state index contributed by atoms with van der Waals surface area (Å²) in [7, 11) is 0. The molecular formula is C34H46F8O4. The third-order valence-corrected chi connectivity index (χ3v) is 9.85. The summed E-state index contributed by atoms with van der Waals surface area (Å²) in [5, 5.41) is 0. The minimum absolute atomic E-state index is 0.0387. The van der Waals surface area contributed by atoms with Gasteiger partial charge in [0, 0.05) is 12.1 Å². The van der Waals surface area contributed by atoms with E-state index in [1.165, 1.54) is 6.42 Å². The van der Waals surface area contributed by atoms with Crippen LogP contribution in [0.2, 0.25) is 0 Å². The van der Waals surface area contributed by atoms with Gasteiger partial charge >= 0.3 is 18.3 Å². The van der Waals surface area contributed by atoms with Gasteiger partial charge in [0.25, 0.3) is 0 Å². The Morgan fingerprint density at radius 3 is 1.70 bits per heavy atom. The fourth-order valence-electron chi connectivity index (χ4n) is 7.09. The number of ether oxygens (including phenoxy) is 4. The molecule has 0 spiro atoms. The normalized spacial score (nSPS) is 27.7. The summed E-state index contributed by atoms with van der Waals surface area (Å²) in [4.78, 5) is 0. The largest absolute Gasteiger partial charge is 0.493 e. The third kappa shape index (κ3) is 10.7. The summed E-state index contributed by atoms with van der Waals surface area (Å²) in [6.45, 7) is 2.22. The highest BCUT2D eigenvalue weighted by molar-refractivity contribution is 5.35. The van der Waals surface area contributed by atoms with E-state index in [0.717, 1.165) is 44.2 Å². The van der Waals surface area contributed by atoms with E-state index in [0.29, 0.717) is 44.4 Å². The van der Waals surface area contributed by atoms with Gasteiger partial charge in [0.2, 0.25) is 0 Å². The summed E-state index contributed by atoms with van der Waals surface area (Å²) in [6, 6.07) is 1.64. The molecule has 0 aliphatic heterocycles. The molecule has 0 heterocycles. The predicted molar refractivity (Wildman–Crippen MR) is 156 cm³/mol. The number of benzene rings is 1. The van der Waals surface area contributed by atoms with Crippen LogP contribution in [0.3, 0.4) is 0 Å². The molecule has 1 aromatic carbocycles. The first kappa shape index (κ1) is 36.8. The van der Waals surface area contributed by atoms with E-state index in [1.807, 2.05) is 0 Å². The van der Waals surface area contributed by atoms with Crippen LogP contribution in [-0.2, 0) is 9.47 Å². The standard InChI is InChI=1S/C34H46F8O4/c1-2-3-4-5-22-6-10-24(11-7-22)33(39,40)46-27-16-12-25(13-17-27)34(41,42)45-26-14-8-23(9-15-26)20-43-28-18-29(35)32(30(36)19-28)44-21-31(37)38/h18-19,21-27H,2-17,20H2,1H3. The second-order valence-electron chi connectivity index (χ2n) is 13.2. The first-order valence-electron chi connectivity index (χ1n) is 16.8. The maximum absolute atomic E-state index is 15.1. The second-order valence-corrected chi connectivity index (χ2v) is 13.2. The van der Waals surface area contributed by atoms with Gasteiger partial charge in [0.1, 0.15) is 5.75 Å². The van der Waals surface area contributed by atoms with E-state index >= 15 is 8.78 Å². The number of unbranched alkanes of at least 4 members (excludes halogenated alkanes) is 2. The molecule has 262 valence electrons. The van der Waals surface area contributed by atoms with Gasteiger partial charge in [0.05, 0.1) is 30.7 Å². The Labute approximate surface area is 266 Å². The Morgan fingerprint density at radius 1 is 0.717 bits per heavy atom. The van der Waals surface area contributed by atoms with E-state index in [-0.39, 0.29) is 50.2 Å². The number of halogens is 8. The molecule has 0 amide bonds. The Kier molecular flexibility index (Phi) is 13.5. The van der Waals surface area contributed by atoms with Crippen LogP contribution in [0, 0.1) is 35.3 Å². The molecule has 3 fully saturated rings. The Balaban J connectivity index is 1.15. The highest BCUT2D eigenvalue weighted by Crippen LogP contribution is 2.45. The molecule has 3 aliphatic rings. The summed E-state index contributed by atoms with van der Waals surface area (Å²) in [5.41, 5.74) is 0. The van der Waals surface area contributed by atoms with Crippen molar-refractivity contribution in [2.75, 3.05) is 6.61 Å². The Morgan fingerprint density at radius 2 is 1.20 bits per heavy atom. The molecule has 0 aromatic heterocycles. The van der Waals surface area contributed by atoms with Crippen molar-refractivity contribution in [2.45, 2.75) is 134 Å². The number of alkyl halides is 4. The van der Waals surface area contributed by atoms with Gasteiger partial charge in [-0.3, -0.25) is 0 Å². The van der Waals surface area contributed by atoms with Crippen molar-refractivity contribution < 1.29 is 54.1 Å². The van der Waals surface area contributed by atoms with E-state index in [4.69, 9.17) is 14.2 Å². The van der Waals surface area contributed by atoms with Gasteiger partial charge in [-0.05, 0) is 88.9 Å². The van der Waals surface area contributed by atoms with Crippen molar-refractivity contribution in [2.24, 2.45) is 23.7 Å². The molecule has 0 saturated heterocycles. The van der Waals surface area contributed by atoms with Crippen LogP contribution in [0.5, 0.6) is 11.5 Å². The number of rotatable bonds is 15. The van der Waals surface area contributed by atoms with Crippen molar-refractivity contribution in [3.05, 3.63) is 36.1 Å². The van der Waals surface area contributed by atoms with Crippen LogP contribution in [0.25, 0.3) is 0 Å². The van der Waals surface area contributed by atoms with Crippen LogP contribution in [0.15, 0.2) is 24.5 Å². The van der Waals surface area contributed by atoms with E-state index in [1.54, 1.807) is 0 Å².